The number of allylic oxidation sites excluding steroid dienone is 5. The standard InChI is InChI=1S/C14H12O3/c15-12-7-5-11(6-8-12)14(17)9-13(16)10-3-1-2-4-10/h1-10,15,17H/b14-9-. The van der Waals surface area contributed by atoms with Crippen molar-refractivity contribution < 1.29 is 15.0 Å². The zero-order chi connectivity index (χ0) is 12.3. The number of ketones is 1. The molecule has 2 N–H and O–H groups in total. The summed E-state index contributed by atoms with van der Waals surface area (Å²) in [4.78, 5) is 11.7. The lowest BCUT2D eigenvalue weighted by atomic mass is 10.0. The fourth-order valence-corrected chi connectivity index (χ4v) is 1.57. The predicted molar refractivity (Wildman–Crippen MR) is 65.5 cm³/mol. The number of hydrogen-bond donors (Lipinski definition) is 2. The van der Waals surface area contributed by atoms with Crippen molar-refractivity contribution in [3.05, 3.63) is 60.2 Å². The van der Waals surface area contributed by atoms with E-state index in [1.807, 2.05) is 0 Å². The summed E-state index contributed by atoms with van der Waals surface area (Å²) in [5.74, 6) is -0.423. The molecule has 0 saturated carbocycles. The summed E-state index contributed by atoms with van der Waals surface area (Å²) < 4.78 is 0. The van der Waals surface area contributed by atoms with Crippen LogP contribution < -0.4 is 0 Å². The van der Waals surface area contributed by atoms with E-state index in [0.29, 0.717) is 5.56 Å². The number of carbonyl (C=O) groups is 1. The summed E-state index contributed by atoms with van der Waals surface area (Å²) in [6.45, 7) is 0. The highest BCUT2D eigenvalue weighted by Crippen LogP contribution is 2.18. The quantitative estimate of drug-likeness (QED) is 0.617. The van der Waals surface area contributed by atoms with Crippen LogP contribution in [0.4, 0.5) is 0 Å². The van der Waals surface area contributed by atoms with Crippen LogP contribution in [-0.2, 0) is 4.79 Å². The summed E-state index contributed by atoms with van der Waals surface area (Å²) in [6, 6.07) is 6.02. The topological polar surface area (TPSA) is 57.5 Å². The molecule has 0 unspecified atom stereocenters. The molecule has 17 heavy (non-hydrogen) atoms. The molecule has 0 heterocycles. The van der Waals surface area contributed by atoms with Gasteiger partial charge in [0.15, 0.2) is 5.78 Å². The summed E-state index contributed by atoms with van der Waals surface area (Å²) in [6.07, 6.45) is 8.34. The van der Waals surface area contributed by atoms with Crippen LogP contribution in [0.1, 0.15) is 5.56 Å². The zero-order valence-electron chi connectivity index (χ0n) is 9.08. The Kier molecular flexibility index (Phi) is 3.10. The fourth-order valence-electron chi connectivity index (χ4n) is 1.57. The van der Waals surface area contributed by atoms with Gasteiger partial charge in [-0.15, -0.1) is 0 Å². The van der Waals surface area contributed by atoms with Crippen molar-refractivity contribution >= 4 is 11.5 Å². The third-order valence-electron chi connectivity index (χ3n) is 2.52. The van der Waals surface area contributed by atoms with Gasteiger partial charge in [0.2, 0.25) is 0 Å². The van der Waals surface area contributed by atoms with E-state index >= 15 is 0 Å². The highest BCUT2D eigenvalue weighted by Gasteiger charge is 2.13. The molecule has 0 fully saturated rings. The maximum Gasteiger partial charge on any atom is 0.170 e. The largest absolute Gasteiger partial charge is 0.508 e. The fraction of sp³-hybridized carbons (Fsp3) is 0.0714. The van der Waals surface area contributed by atoms with Gasteiger partial charge in [0.25, 0.3) is 0 Å². The van der Waals surface area contributed by atoms with Gasteiger partial charge in [-0.2, -0.15) is 0 Å². The van der Waals surface area contributed by atoms with Gasteiger partial charge in [-0.25, -0.2) is 0 Å². The van der Waals surface area contributed by atoms with Gasteiger partial charge in [-0.3, -0.25) is 4.79 Å². The van der Waals surface area contributed by atoms with Gasteiger partial charge in [0.1, 0.15) is 11.5 Å². The minimum Gasteiger partial charge on any atom is -0.508 e. The molecule has 0 aromatic heterocycles. The van der Waals surface area contributed by atoms with Crippen LogP contribution in [0.5, 0.6) is 5.75 Å². The Morgan fingerprint density at radius 3 is 2.29 bits per heavy atom. The monoisotopic (exact) mass is 228 g/mol. The number of benzene rings is 1. The lowest BCUT2D eigenvalue weighted by Gasteiger charge is -2.02. The summed E-state index contributed by atoms with van der Waals surface area (Å²) >= 11 is 0. The summed E-state index contributed by atoms with van der Waals surface area (Å²) in [7, 11) is 0. The van der Waals surface area contributed by atoms with Crippen LogP contribution in [0.25, 0.3) is 5.76 Å². The maximum atomic E-state index is 11.7. The van der Waals surface area contributed by atoms with E-state index in [2.05, 4.69) is 0 Å². The molecular formula is C14H12O3. The third kappa shape index (κ3) is 2.64. The van der Waals surface area contributed by atoms with E-state index in [1.54, 1.807) is 36.4 Å². The SMILES string of the molecule is O=C(/C=C(\O)c1ccc(O)cc1)C1C=CC=C1. The van der Waals surface area contributed by atoms with Gasteiger partial charge in [-0.1, -0.05) is 24.3 Å². The van der Waals surface area contributed by atoms with Crippen molar-refractivity contribution in [3.63, 3.8) is 0 Å². The Balaban J connectivity index is 2.16. The van der Waals surface area contributed by atoms with Crippen LogP contribution in [-0.4, -0.2) is 16.0 Å². The Morgan fingerprint density at radius 1 is 1.12 bits per heavy atom. The molecule has 0 aliphatic heterocycles. The van der Waals surface area contributed by atoms with E-state index in [9.17, 15) is 9.90 Å². The molecule has 3 heteroatoms. The van der Waals surface area contributed by atoms with Crippen LogP contribution >= 0.6 is 0 Å². The average molecular weight is 228 g/mol. The molecule has 2 rings (SSSR count). The van der Waals surface area contributed by atoms with Crippen molar-refractivity contribution in [1.82, 2.24) is 0 Å². The maximum absolute atomic E-state index is 11.7. The van der Waals surface area contributed by atoms with Crippen molar-refractivity contribution in [2.45, 2.75) is 0 Å². The van der Waals surface area contributed by atoms with Crippen LogP contribution in [0, 0.1) is 5.92 Å². The molecule has 1 aliphatic carbocycles. The Labute approximate surface area is 99.0 Å². The predicted octanol–water partition coefficient (Wildman–Crippen LogP) is 2.60. The van der Waals surface area contributed by atoms with Crippen molar-refractivity contribution in [2.24, 2.45) is 5.92 Å². The third-order valence-corrected chi connectivity index (χ3v) is 2.52. The van der Waals surface area contributed by atoms with Gasteiger partial charge in [0.05, 0.1) is 5.92 Å². The van der Waals surface area contributed by atoms with Gasteiger partial charge in [-0.05, 0) is 24.3 Å². The zero-order valence-corrected chi connectivity index (χ0v) is 9.08. The second kappa shape index (κ2) is 4.70. The summed E-state index contributed by atoms with van der Waals surface area (Å²) in [5, 5.41) is 18.9. The first-order chi connectivity index (χ1) is 8.16. The number of phenols is 1. The minimum atomic E-state index is -0.283. The molecule has 0 atom stereocenters. The highest BCUT2D eigenvalue weighted by molar-refractivity contribution is 5.99. The molecule has 86 valence electrons. The molecule has 0 spiro atoms. The number of rotatable bonds is 3. The van der Waals surface area contributed by atoms with Crippen molar-refractivity contribution in [1.29, 1.82) is 0 Å². The van der Waals surface area contributed by atoms with Crippen LogP contribution in [0.3, 0.4) is 0 Å². The number of phenolic OH excluding ortho intramolecular Hbond substituents is 1. The molecule has 0 radical (unpaired) electrons. The first kappa shape index (κ1) is 11.2. The van der Waals surface area contributed by atoms with E-state index < -0.39 is 0 Å². The normalized spacial score (nSPS) is 15.4. The lowest BCUT2D eigenvalue weighted by molar-refractivity contribution is -0.115. The molecule has 1 aromatic carbocycles. The smallest absolute Gasteiger partial charge is 0.170 e. The number of hydrogen-bond acceptors (Lipinski definition) is 3. The first-order valence-corrected chi connectivity index (χ1v) is 5.26. The van der Waals surface area contributed by atoms with Crippen LogP contribution in [0.2, 0.25) is 0 Å². The molecule has 3 nitrogen and oxygen atoms in total. The van der Waals surface area contributed by atoms with Gasteiger partial charge >= 0.3 is 0 Å². The number of aliphatic hydroxyl groups is 1. The molecule has 0 amide bonds. The van der Waals surface area contributed by atoms with E-state index in [1.165, 1.54) is 18.2 Å². The molecule has 0 bridgehead atoms. The minimum absolute atomic E-state index is 0.0938. The van der Waals surface area contributed by atoms with Gasteiger partial charge in [0, 0.05) is 11.6 Å². The highest BCUT2D eigenvalue weighted by atomic mass is 16.3. The average Bonchev–Trinajstić information content (AvgIpc) is 2.83. The second-order valence-corrected chi connectivity index (χ2v) is 3.77. The Bertz CT molecular complexity index is 495. The number of carbonyl (C=O) groups excluding carboxylic acids is 1. The lowest BCUT2D eigenvalue weighted by Crippen LogP contribution is -2.05. The summed E-state index contributed by atoms with van der Waals surface area (Å²) in [5.41, 5.74) is 0.502. The second-order valence-electron chi connectivity index (χ2n) is 3.77. The molecule has 1 aromatic rings. The Hall–Kier alpha value is -2.29. The Morgan fingerprint density at radius 2 is 1.71 bits per heavy atom. The van der Waals surface area contributed by atoms with Crippen molar-refractivity contribution in [3.8, 4) is 5.75 Å². The van der Waals surface area contributed by atoms with Crippen LogP contribution in [0.15, 0.2) is 54.6 Å². The van der Waals surface area contributed by atoms with E-state index in [0.717, 1.165) is 0 Å². The van der Waals surface area contributed by atoms with E-state index in [4.69, 9.17) is 5.11 Å². The molecular weight excluding hydrogens is 216 g/mol. The number of aliphatic hydroxyl groups excluding tert-OH is 1. The number of aromatic hydroxyl groups is 1. The molecule has 1 aliphatic rings. The van der Waals surface area contributed by atoms with Crippen molar-refractivity contribution in [2.75, 3.05) is 0 Å². The first-order valence-electron chi connectivity index (χ1n) is 5.26. The molecule has 0 saturated heterocycles. The van der Waals surface area contributed by atoms with Gasteiger partial charge < -0.3 is 10.2 Å². The van der Waals surface area contributed by atoms with E-state index in [-0.39, 0.29) is 23.2 Å².